The summed E-state index contributed by atoms with van der Waals surface area (Å²) in [5, 5.41) is 12.9. The van der Waals surface area contributed by atoms with Gasteiger partial charge < -0.3 is 5.11 Å². The van der Waals surface area contributed by atoms with Crippen LogP contribution in [0, 0.1) is 13.8 Å². The highest BCUT2D eigenvalue weighted by atomic mass is 16.4. The Bertz CT molecular complexity index is 402. The van der Waals surface area contributed by atoms with Crippen molar-refractivity contribution >= 4 is 12.0 Å². The van der Waals surface area contributed by atoms with E-state index in [9.17, 15) is 4.79 Å². The van der Waals surface area contributed by atoms with Crippen LogP contribution in [-0.4, -0.2) is 20.9 Å². The van der Waals surface area contributed by atoms with Crippen molar-refractivity contribution < 1.29 is 9.90 Å². The zero-order chi connectivity index (χ0) is 10.9. The SMILES string of the molecule is CC(=Cc1c(C)nn(C)c1C)C(=O)O. The van der Waals surface area contributed by atoms with Crippen LogP contribution < -0.4 is 0 Å². The van der Waals surface area contributed by atoms with E-state index in [0.29, 0.717) is 5.57 Å². The van der Waals surface area contributed by atoms with Crippen molar-refractivity contribution in [2.45, 2.75) is 20.8 Å². The minimum absolute atomic E-state index is 0.323. The lowest BCUT2D eigenvalue weighted by Crippen LogP contribution is -1.96. The molecule has 0 atom stereocenters. The van der Waals surface area contributed by atoms with Gasteiger partial charge in [0.15, 0.2) is 0 Å². The molecule has 0 bridgehead atoms. The third-order valence-corrected chi connectivity index (χ3v) is 2.26. The Morgan fingerprint density at radius 1 is 1.50 bits per heavy atom. The largest absolute Gasteiger partial charge is 0.478 e. The van der Waals surface area contributed by atoms with Crippen molar-refractivity contribution in [3.8, 4) is 0 Å². The van der Waals surface area contributed by atoms with Crippen LogP contribution in [0.3, 0.4) is 0 Å². The van der Waals surface area contributed by atoms with Crippen molar-refractivity contribution in [3.63, 3.8) is 0 Å². The van der Waals surface area contributed by atoms with Crippen LogP contribution in [0.15, 0.2) is 5.57 Å². The van der Waals surface area contributed by atoms with E-state index in [1.165, 1.54) is 0 Å². The number of aliphatic carboxylic acids is 1. The maximum absolute atomic E-state index is 10.6. The first-order valence-corrected chi connectivity index (χ1v) is 4.35. The minimum Gasteiger partial charge on any atom is -0.478 e. The summed E-state index contributed by atoms with van der Waals surface area (Å²) in [6, 6.07) is 0. The third-order valence-electron chi connectivity index (χ3n) is 2.26. The molecule has 1 heterocycles. The number of aryl methyl sites for hydroxylation is 2. The van der Waals surface area contributed by atoms with Crippen molar-refractivity contribution in [1.82, 2.24) is 9.78 Å². The molecule has 0 aromatic carbocycles. The first-order valence-electron chi connectivity index (χ1n) is 4.35. The molecule has 14 heavy (non-hydrogen) atoms. The minimum atomic E-state index is -0.896. The Labute approximate surface area is 82.9 Å². The van der Waals surface area contributed by atoms with Gasteiger partial charge in [-0.05, 0) is 26.8 Å². The molecule has 0 radical (unpaired) electrons. The number of carboxylic acid groups (broad SMARTS) is 1. The second kappa shape index (κ2) is 3.65. The average molecular weight is 194 g/mol. The summed E-state index contributed by atoms with van der Waals surface area (Å²) >= 11 is 0. The fourth-order valence-corrected chi connectivity index (χ4v) is 1.28. The Hall–Kier alpha value is -1.58. The first kappa shape index (κ1) is 10.5. The summed E-state index contributed by atoms with van der Waals surface area (Å²) in [4.78, 5) is 10.6. The van der Waals surface area contributed by atoms with Crippen LogP contribution in [-0.2, 0) is 11.8 Å². The van der Waals surface area contributed by atoms with Gasteiger partial charge in [-0.25, -0.2) is 4.79 Å². The molecule has 0 fully saturated rings. The van der Waals surface area contributed by atoms with Gasteiger partial charge in [0.2, 0.25) is 0 Å². The fourth-order valence-electron chi connectivity index (χ4n) is 1.28. The van der Waals surface area contributed by atoms with Gasteiger partial charge in [0.25, 0.3) is 0 Å². The Morgan fingerprint density at radius 2 is 2.07 bits per heavy atom. The summed E-state index contributed by atoms with van der Waals surface area (Å²) in [7, 11) is 1.84. The van der Waals surface area contributed by atoms with Crippen molar-refractivity contribution in [2.24, 2.45) is 7.05 Å². The molecule has 1 rings (SSSR count). The topological polar surface area (TPSA) is 55.1 Å². The molecule has 0 aliphatic heterocycles. The molecule has 4 nitrogen and oxygen atoms in total. The standard InChI is InChI=1S/C10H14N2O2/c1-6(10(13)14)5-9-7(2)11-12(4)8(9)3/h5H,1-4H3,(H,13,14). The van der Waals surface area contributed by atoms with Gasteiger partial charge in [-0.3, -0.25) is 4.68 Å². The van der Waals surface area contributed by atoms with E-state index in [1.54, 1.807) is 17.7 Å². The van der Waals surface area contributed by atoms with E-state index in [-0.39, 0.29) is 0 Å². The number of hydrogen-bond donors (Lipinski definition) is 1. The van der Waals surface area contributed by atoms with Gasteiger partial charge >= 0.3 is 5.97 Å². The molecule has 76 valence electrons. The fraction of sp³-hybridized carbons (Fsp3) is 0.400. The molecule has 1 N–H and O–H groups in total. The first-order chi connectivity index (χ1) is 6.43. The number of nitrogens with zero attached hydrogens (tertiary/aromatic N) is 2. The van der Waals surface area contributed by atoms with Crippen LogP contribution in [0.4, 0.5) is 0 Å². The summed E-state index contributed by atoms with van der Waals surface area (Å²) < 4.78 is 1.75. The quantitative estimate of drug-likeness (QED) is 0.726. The molecule has 0 saturated carbocycles. The van der Waals surface area contributed by atoms with Gasteiger partial charge in [0.1, 0.15) is 0 Å². The van der Waals surface area contributed by atoms with E-state index >= 15 is 0 Å². The van der Waals surface area contributed by atoms with E-state index in [0.717, 1.165) is 17.0 Å². The van der Waals surface area contributed by atoms with Crippen LogP contribution in [0.2, 0.25) is 0 Å². The third kappa shape index (κ3) is 1.84. The molecule has 1 aromatic rings. The lowest BCUT2D eigenvalue weighted by atomic mass is 10.1. The van der Waals surface area contributed by atoms with Gasteiger partial charge in [0, 0.05) is 23.9 Å². The normalized spacial score (nSPS) is 11.9. The lowest BCUT2D eigenvalue weighted by molar-refractivity contribution is -0.132. The van der Waals surface area contributed by atoms with Crippen LogP contribution >= 0.6 is 0 Å². The number of carbonyl (C=O) groups is 1. The Kier molecular flexibility index (Phi) is 2.74. The number of aromatic nitrogens is 2. The lowest BCUT2D eigenvalue weighted by Gasteiger charge is -1.96. The van der Waals surface area contributed by atoms with E-state index in [2.05, 4.69) is 5.10 Å². The van der Waals surface area contributed by atoms with Crippen molar-refractivity contribution in [3.05, 3.63) is 22.5 Å². The highest BCUT2D eigenvalue weighted by Gasteiger charge is 2.08. The zero-order valence-electron chi connectivity index (χ0n) is 8.83. The Balaban J connectivity index is 3.20. The van der Waals surface area contributed by atoms with Crippen LogP contribution in [0.25, 0.3) is 6.08 Å². The maximum Gasteiger partial charge on any atom is 0.331 e. The van der Waals surface area contributed by atoms with E-state index in [4.69, 9.17) is 5.11 Å². The molecule has 4 heteroatoms. The number of hydrogen-bond acceptors (Lipinski definition) is 2. The molecule has 0 unspecified atom stereocenters. The summed E-state index contributed by atoms with van der Waals surface area (Å²) in [5.74, 6) is -0.896. The molecule has 0 amide bonds. The predicted octanol–water partition coefficient (Wildman–Crippen LogP) is 1.52. The van der Waals surface area contributed by atoms with E-state index in [1.807, 2.05) is 20.9 Å². The zero-order valence-corrected chi connectivity index (χ0v) is 8.83. The molecule has 0 spiro atoms. The molecular formula is C10H14N2O2. The van der Waals surface area contributed by atoms with Crippen molar-refractivity contribution in [1.29, 1.82) is 0 Å². The maximum atomic E-state index is 10.6. The number of rotatable bonds is 2. The van der Waals surface area contributed by atoms with Crippen molar-refractivity contribution in [2.75, 3.05) is 0 Å². The summed E-state index contributed by atoms with van der Waals surface area (Å²) in [5.41, 5.74) is 3.05. The smallest absolute Gasteiger partial charge is 0.331 e. The molecule has 1 aromatic heterocycles. The molecule has 0 aliphatic carbocycles. The van der Waals surface area contributed by atoms with E-state index < -0.39 is 5.97 Å². The van der Waals surface area contributed by atoms with Gasteiger partial charge in [-0.2, -0.15) is 5.10 Å². The molecule has 0 aliphatic rings. The highest BCUT2D eigenvalue weighted by molar-refractivity contribution is 5.91. The highest BCUT2D eigenvalue weighted by Crippen LogP contribution is 2.15. The van der Waals surface area contributed by atoms with Crippen LogP contribution in [0.1, 0.15) is 23.9 Å². The summed E-state index contributed by atoms with van der Waals surface area (Å²) in [6.07, 6.45) is 1.65. The average Bonchev–Trinajstić information content (AvgIpc) is 2.32. The van der Waals surface area contributed by atoms with Crippen LogP contribution in [0.5, 0.6) is 0 Å². The summed E-state index contributed by atoms with van der Waals surface area (Å²) in [6.45, 7) is 5.36. The second-order valence-corrected chi connectivity index (χ2v) is 3.34. The van der Waals surface area contributed by atoms with Gasteiger partial charge in [0.05, 0.1) is 5.69 Å². The molecular weight excluding hydrogens is 180 g/mol. The predicted molar refractivity (Wildman–Crippen MR) is 54.0 cm³/mol. The number of carboxylic acids is 1. The Morgan fingerprint density at radius 3 is 2.43 bits per heavy atom. The van der Waals surface area contributed by atoms with Gasteiger partial charge in [-0.15, -0.1) is 0 Å². The van der Waals surface area contributed by atoms with Gasteiger partial charge in [-0.1, -0.05) is 0 Å². The second-order valence-electron chi connectivity index (χ2n) is 3.34. The molecule has 0 saturated heterocycles. The monoisotopic (exact) mass is 194 g/mol.